The molecule has 0 saturated carbocycles. The topological polar surface area (TPSA) is 112 Å². The van der Waals surface area contributed by atoms with Crippen LogP contribution in [0.4, 0.5) is 0 Å². The van der Waals surface area contributed by atoms with Gasteiger partial charge in [0, 0.05) is 23.1 Å². The molecule has 0 bridgehead atoms. The summed E-state index contributed by atoms with van der Waals surface area (Å²) < 4.78 is 22.9. The maximum absolute atomic E-state index is 12.8. The van der Waals surface area contributed by atoms with Crippen LogP contribution in [-0.4, -0.2) is 24.0 Å². The maximum Gasteiger partial charge on any atom is 0.336 e. The standard InChI is InChI=1S/C29H24O8/c1-15-12-21(31)36-28-23(15)26(33)24(16(2)30)29-25(28)19(13-22(32)37-29)18-10-7-11-20(34-3)27(18)35-14-17-8-5-4-6-9-17/h4-12,19,33H,13-14H2,1-3H3/t19-/m1/s1. The first-order valence-electron chi connectivity index (χ1n) is 11.7. The lowest BCUT2D eigenvalue weighted by Crippen LogP contribution is -2.24. The van der Waals surface area contributed by atoms with Crippen LogP contribution in [0.2, 0.25) is 0 Å². The average molecular weight is 501 g/mol. The van der Waals surface area contributed by atoms with Gasteiger partial charge in [-0.05, 0) is 31.0 Å². The summed E-state index contributed by atoms with van der Waals surface area (Å²) in [5.74, 6) is -1.50. The molecule has 0 unspecified atom stereocenters. The molecular formula is C29H24O8. The Bertz CT molecular complexity index is 1600. The van der Waals surface area contributed by atoms with Gasteiger partial charge < -0.3 is 23.7 Å². The number of hydrogen-bond acceptors (Lipinski definition) is 8. The summed E-state index contributed by atoms with van der Waals surface area (Å²) in [4.78, 5) is 37.9. The van der Waals surface area contributed by atoms with E-state index in [-0.39, 0.29) is 35.3 Å². The minimum Gasteiger partial charge on any atom is -0.506 e. The van der Waals surface area contributed by atoms with E-state index in [1.165, 1.54) is 20.1 Å². The van der Waals surface area contributed by atoms with Gasteiger partial charge in [0.05, 0.1) is 18.9 Å². The van der Waals surface area contributed by atoms with Gasteiger partial charge in [0.15, 0.2) is 23.0 Å². The number of aromatic hydroxyl groups is 1. The molecule has 188 valence electrons. The number of methoxy groups -OCH3 is 1. The van der Waals surface area contributed by atoms with E-state index in [0.717, 1.165) is 5.56 Å². The maximum atomic E-state index is 12.8. The van der Waals surface area contributed by atoms with Crippen molar-refractivity contribution in [2.24, 2.45) is 0 Å². The van der Waals surface area contributed by atoms with Gasteiger partial charge in [0.2, 0.25) is 0 Å². The van der Waals surface area contributed by atoms with Crippen molar-refractivity contribution in [3.05, 3.63) is 92.8 Å². The predicted octanol–water partition coefficient (Wildman–Crippen LogP) is 5.04. The first-order chi connectivity index (χ1) is 17.8. The molecule has 0 amide bonds. The quantitative estimate of drug-likeness (QED) is 0.170. The van der Waals surface area contributed by atoms with Gasteiger partial charge in [0.1, 0.15) is 23.5 Å². The number of fused-ring (bicyclic) bond motifs is 3. The Kier molecular flexibility index (Phi) is 6.17. The second-order valence-electron chi connectivity index (χ2n) is 8.86. The van der Waals surface area contributed by atoms with Crippen LogP contribution in [-0.2, 0) is 11.4 Å². The monoisotopic (exact) mass is 500 g/mol. The molecule has 5 rings (SSSR count). The molecular weight excluding hydrogens is 476 g/mol. The van der Waals surface area contributed by atoms with Crippen molar-refractivity contribution in [2.45, 2.75) is 32.8 Å². The van der Waals surface area contributed by atoms with Crippen molar-refractivity contribution in [3.8, 4) is 23.0 Å². The Balaban J connectivity index is 1.79. The number of ketones is 1. The number of rotatable bonds is 6. The van der Waals surface area contributed by atoms with Gasteiger partial charge in [-0.2, -0.15) is 0 Å². The molecule has 37 heavy (non-hydrogen) atoms. The van der Waals surface area contributed by atoms with Crippen LogP contribution in [0.5, 0.6) is 23.0 Å². The number of phenols is 1. The van der Waals surface area contributed by atoms with Crippen LogP contribution in [0, 0.1) is 6.92 Å². The van der Waals surface area contributed by atoms with Crippen LogP contribution in [0.25, 0.3) is 11.0 Å². The molecule has 0 fully saturated rings. The second kappa shape index (κ2) is 9.46. The Labute approximate surface area is 212 Å². The van der Waals surface area contributed by atoms with Gasteiger partial charge in [-0.3, -0.25) is 9.59 Å². The second-order valence-corrected chi connectivity index (χ2v) is 8.86. The predicted molar refractivity (Wildman–Crippen MR) is 135 cm³/mol. The Morgan fingerprint density at radius 1 is 1.11 bits per heavy atom. The smallest absolute Gasteiger partial charge is 0.336 e. The number of carbonyl (C=O) groups excluding carboxylic acids is 2. The minimum atomic E-state index is -0.719. The van der Waals surface area contributed by atoms with E-state index in [0.29, 0.717) is 28.2 Å². The molecule has 0 spiro atoms. The fourth-order valence-electron chi connectivity index (χ4n) is 4.85. The lowest BCUT2D eigenvalue weighted by Gasteiger charge is -2.29. The summed E-state index contributed by atoms with van der Waals surface area (Å²) in [5.41, 5.74) is 1.53. The zero-order valence-electron chi connectivity index (χ0n) is 20.5. The number of para-hydroxylation sites is 1. The molecule has 2 heterocycles. The molecule has 8 heteroatoms. The van der Waals surface area contributed by atoms with Crippen LogP contribution < -0.4 is 19.8 Å². The normalized spacial score (nSPS) is 14.7. The molecule has 3 aromatic carbocycles. The zero-order chi connectivity index (χ0) is 26.3. The van der Waals surface area contributed by atoms with Gasteiger partial charge >= 0.3 is 11.6 Å². The average Bonchev–Trinajstić information content (AvgIpc) is 2.86. The molecule has 1 atom stereocenters. The van der Waals surface area contributed by atoms with Crippen molar-refractivity contribution >= 4 is 22.7 Å². The fraction of sp³-hybridized carbons (Fsp3) is 0.207. The van der Waals surface area contributed by atoms with E-state index < -0.39 is 29.0 Å². The zero-order valence-corrected chi connectivity index (χ0v) is 20.5. The molecule has 0 saturated heterocycles. The summed E-state index contributed by atoms with van der Waals surface area (Å²) in [6, 6.07) is 16.1. The number of hydrogen-bond donors (Lipinski definition) is 1. The molecule has 1 aromatic heterocycles. The van der Waals surface area contributed by atoms with E-state index in [1.807, 2.05) is 30.3 Å². The third-order valence-electron chi connectivity index (χ3n) is 6.47. The largest absolute Gasteiger partial charge is 0.506 e. The van der Waals surface area contributed by atoms with Gasteiger partial charge in [0.25, 0.3) is 0 Å². The van der Waals surface area contributed by atoms with E-state index in [9.17, 15) is 19.5 Å². The van der Waals surface area contributed by atoms with Crippen molar-refractivity contribution in [3.63, 3.8) is 0 Å². The van der Waals surface area contributed by atoms with Crippen LogP contribution in [0.15, 0.2) is 63.8 Å². The molecule has 4 aromatic rings. The van der Waals surface area contributed by atoms with E-state index >= 15 is 0 Å². The third-order valence-corrected chi connectivity index (χ3v) is 6.47. The highest BCUT2D eigenvalue weighted by Crippen LogP contribution is 2.52. The molecule has 1 N–H and O–H groups in total. The number of Topliss-reactive ketones (excluding diaryl/α,β-unsaturated/α-hetero) is 1. The van der Waals surface area contributed by atoms with Crippen LogP contribution in [0.1, 0.15) is 51.9 Å². The Morgan fingerprint density at radius 2 is 1.86 bits per heavy atom. The highest BCUT2D eigenvalue weighted by molar-refractivity contribution is 6.09. The van der Waals surface area contributed by atoms with Crippen molar-refractivity contribution in [1.82, 2.24) is 0 Å². The van der Waals surface area contributed by atoms with Gasteiger partial charge in [-0.15, -0.1) is 0 Å². The van der Waals surface area contributed by atoms with Crippen molar-refractivity contribution < 1.29 is 33.3 Å². The van der Waals surface area contributed by atoms with Gasteiger partial charge in [-0.1, -0.05) is 42.5 Å². The lowest BCUT2D eigenvalue weighted by molar-refractivity contribution is -0.135. The molecule has 8 nitrogen and oxygen atoms in total. The SMILES string of the molecule is COc1cccc([C@H]2CC(=O)Oc3c(C(C)=O)c(O)c4c(C)cc(=O)oc4c32)c1OCc1ccccc1. The molecule has 0 radical (unpaired) electrons. The third kappa shape index (κ3) is 4.20. The number of aryl methyl sites for hydroxylation is 1. The first kappa shape index (κ1) is 24.1. The Morgan fingerprint density at radius 3 is 2.57 bits per heavy atom. The summed E-state index contributed by atoms with van der Waals surface area (Å²) >= 11 is 0. The van der Waals surface area contributed by atoms with E-state index in [1.54, 1.807) is 25.1 Å². The first-order valence-corrected chi connectivity index (χ1v) is 11.7. The lowest BCUT2D eigenvalue weighted by atomic mass is 9.82. The molecule has 0 aliphatic carbocycles. The summed E-state index contributed by atoms with van der Waals surface area (Å²) in [6.45, 7) is 3.15. The number of benzene rings is 3. The van der Waals surface area contributed by atoms with Crippen LogP contribution >= 0.6 is 0 Å². The van der Waals surface area contributed by atoms with E-state index in [4.69, 9.17) is 18.6 Å². The summed E-state index contributed by atoms with van der Waals surface area (Å²) in [6.07, 6.45) is -0.114. The Hall–Kier alpha value is -4.59. The number of esters is 1. The van der Waals surface area contributed by atoms with Gasteiger partial charge in [-0.25, -0.2) is 4.79 Å². The van der Waals surface area contributed by atoms with Crippen molar-refractivity contribution in [2.75, 3.05) is 7.11 Å². The molecule has 1 aliphatic heterocycles. The van der Waals surface area contributed by atoms with Crippen LogP contribution in [0.3, 0.4) is 0 Å². The van der Waals surface area contributed by atoms with Crippen molar-refractivity contribution in [1.29, 1.82) is 0 Å². The summed E-state index contributed by atoms with van der Waals surface area (Å²) in [5, 5.41) is 11.2. The molecule has 1 aliphatic rings. The minimum absolute atomic E-state index is 0.0526. The summed E-state index contributed by atoms with van der Waals surface area (Å²) in [7, 11) is 1.52. The number of carbonyl (C=O) groups is 2. The highest BCUT2D eigenvalue weighted by atomic mass is 16.5. The number of ether oxygens (including phenoxy) is 3. The fourth-order valence-corrected chi connectivity index (χ4v) is 4.85. The highest BCUT2D eigenvalue weighted by Gasteiger charge is 2.38. The number of phenolic OH excluding ortho intramolecular Hbond substituents is 1. The van der Waals surface area contributed by atoms with E-state index in [2.05, 4.69) is 0 Å².